The fourth-order valence-electron chi connectivity index (χ4n) is 2.92. The minimum Gasteiger partial charge on any atom is -0.296 e. The summed E-state index contributed by atoms with van der Waals surface area (Å²) in [5, 5.41) is 3.49. The number of amides is 1. The first kappa shape index (κ1) is 18.1. The molecule has 1 amide bonds. The standard InChI is InChI=1S/C21H19N5OS/c1-2-8-18-19(16-11-6-7-12-23-16)24-21(28-18)25-20(27)17-13-22-14-26(17)15-9-4-3-5-10-15/h3-7,9-14H,2,8H2,1H3,(H,24,25,27). The van der Waals surface area contributed by atoms with Crippen molar-refractivity contribution in [1.82, 2.24) is 19.5 Å². The number of hydrogen-bond donors (Lipinski definition) is 1. The molecular formula is C21H19N5OS. The summed E-state index contributed by atoms with van der Waals surface area (Å²) in [6.07, 6.45) is 6.83. The molecule has 0 fully saturated rings. The van der Waals surface area contributed by atoms with Crippen molar-refractivity contribution < 1.29 is 4.79 Å². The van der Waals surface area contributed by atoms with Crippen LogP contribution < -0.4 is 5.32 Å². The maximum absolute atomic E-state index is 12.9. The van der Waals surface area contributed by atoms with Crippen LogP contribution in [0.3, 0.4) is 0 Å². The molecule has 4 aromatic rings. The quantitative estimate of drug-likeness (QED) is 0.523. The first-order valence-corrected chi connectivity index (χ1v) is 9.88. The molecule has 3 aromatic heterocycles. The Morgan fingerprint density at radius 2 is 1.96 bits per heavy atom. The van der Waals surface area contributed by atoms with Crippen molar-refractivity contribution in [2.24, 2.45) is 0 Å². The molecule has 0 spiro atoms. The lowest BCUT2D eigenvalue weighted by Gasteiger charge is -2.07. The number of aromatic nitrogens is 4. The number of anilines is 1. The number of rotatable bonds is 6. The van der Waals surface area contributed by atoms with E-state index < -0.39 is 0 Å². The monoisotopic (exact) mass is 389 g/mol. The molecule has 1 N–H and O–H groups in total. The zero-order valence-electron chi connectivity index (χ0n) is 15.4. The minimum atomic E-state index is -0.245. The number of aryl methyl sites for hydroxylation is 1. The summed E-state index contributed by atoms with van der Waals surface area (Å²) in [6, 6.07) is 15.4. The van der Waals surface area contributed by atoms with Crippen molar-refractivity contribution in [3.63, 3.8) is 0 Å². The summed E-state index contributed by atoms with van der Waals surface area (Å²) in [7, 11) is 0. The molecule has 6 nitrogen and oxygen atoms in total. The third kappa shape index (κ3) is 3.70. The van der Waals surface area contributed by atoms with Crippen LogP contribution in [0.15, 0.2) is 67.3 Å². The van der Waals surface area contributed by atoms with E-state index in [0.29, 0.717) is 10.8 Å². The van der Waals surface area contributed by atoms with Crippen molar-refractivity contribution in [2.45, 2.75) is 19.8 Å². The summed E-state index contributed by atoms with van der Waals surface area (Å²) in [4.78, 5) is 27.2. The molecule has 28 heavy (non-hydrogen) atoms. The highest BCUT2D eigenvalue weighted by Gasteiger charge is 2.18. The number of nitrogens with one attached hydrogen (secondary N) is 1. The first-order valence-electron chi connectivity index (χ1n) is 9.06. The maximum atomic E-state index is 12.9. The molecule has 0 bridgehead atoms. The Morgan fingerprint density at radius 1 is 1.14 bits per heavy atom. The number of para-hydroxylation sites is 1. The van der Waals surface area contributed by atoms with E-state index in [-0.39, 0.29) is 5.91 Å². The average Bonchev–Trinajstić information content (AvgIpc) is 3.37. The molecule has 0 aliphatic rings. The molecule has 0 aliphatic carbocycles. The van der Waals surface area contributed by atoms with Crippen molar-refractivity contribution in [3.05, 3.63) is 77.8 Å². The van der Waals surface area contributed by atoms with Gasteiger partial charge in [-0.25, -0.2) is 9.97 Å². The van der Waals surface area contributed by atoms with Gasteiger partial charge in [-0.2, -0.15) is 0 Å². The maximum Gasteiger partial charge on any atom is 0.276 e. The van der Waals surface area contributed by atoms with E-state index in [1.54, 1.807) is 23.3 Å². The molecule has 0 atom stereocenters. The Kier molecular flexibility index (Phi) is 5.25. The second-order valence-corrected chi connectivity index (χ2v) is 7.28. The van der Waals surface area contributed by atoms with Gasteiger partial charge in [0.1, 0.15) is 11.4 Å². The van der Waals surface area contributed by atoms with E-state index in [4.69, 9.17) is 0 Å². The minimum absolute atomic E-state index is 0.245. The normalized spacial score (nSPS) is 10.8. The zero-order valence-corrected chi connectivity index (χ0v) is 16.2. The van der Waals surface area contributed by atoms with Gasteiger partial charge in [-0.05, 0) is 30.7 Å². The van der Waals surface area contributed by atoms with Gasteiger partial charge in [-0.15, -0.1) is 11.3 Å². The molecule has 1 aromatic carbocycles. The molecule has 0 unspecified atom stereocenters. The summed E-state index contributed by atoms with van der Waals surface area (Å²) >= 11 is 1.49. The molecule has 0 saturated heterocycles. The van der Waals surface area contributed by atoms with Crippen LogP contribution >= 0.6 is 11.3 Å². The number of pyridine rings is 1. The lowest BCUT2D eigenvalue weighted by atomic mass is 10.2. The topological polar surface area (TPSA) is 72.7 Å². The number of hydrogen-bond acceptors (Lipinski definition) is 5. The van der Waals surface area contributed by atoms with Crippen LogP contribution in [0.5, 0.6) is 0 Å². The largest absolute Gasteiger partial charge is 0.296 e. The van der Waals surface area contributed by atoms with Gasteiger partial charge >= 0.3 is 0 Å². The van der Waals surface area contributed by atoms with E-state index in [2.05, 4.69) is 27.2 Å². The van der Waals surface area contributed by atoms with Crippen LogP contribution in [-0.2, 0) is 6.42 Å². The van der Waals surface area contributed by atoms with Gasteiger partial charge in [0.2, 0.25) is 0 Å². The Morgan fingerprint density at radius 3 is 2.71 bits per heavy atom. The Bertz CT molecular complexity index is 1070. The second kappa shape index (κ2) is 8.14. The van der Waals surface area contributed by atoms with Gasteiger partial charge in [0.25, 0.3) is 5.91 Å². The number of imidazole rings is 1. The van der Waals surface area contributed by atoms with Gasteiger partial charge in [0.05, 0.1) is 18.2 Å². The SMILES string of the molecule is CCCc1sc(NC(=O)c2cncn2-c2ccccc2)nc1-c1ccccn1. The third-order valence-electron chi connectivity index (χ3n) is 4.21. The predicted molar refractivity (Wildman–Crippen MR) is 111 cm³/mol. The van der Waals surface area contributed by atoms with Crippen LogP contribution in [0.2, 0.25) is 0 Å². The van der Waals surface area contributed by atoms with Gasteiger partial charge in [-0.1, -0.05) is 37.6 Å². The van der Waals surface area contributed by atoms with Crippen LogP contribution in [-0.4, -0.2) is 25.4 Å². The lowest BCUT2D eigenvalue weighted by molar-refractivity contribution is 0.102. The van der Waals surface area contributed by atoms with E-state index in [0.717, 1.165) is 34.8 Å². The molecule has 7 heteroatoms. The van der Waals surface area contributed by atoms with E-state index in [1.165, 1.54) is 11.3 Å². The van der Waals surface area contributed by atoms with Gasteiger partial charge in [0.15, 0.2) is 5.13 Å². The fourth-order valence-corrected chi connectivity index (χ4v) is 3.99. The number of thiazole rings is 1. The molecular weight excluding hydrogens is 370 g/mol. The number of carbonyl (C=O) groups is 1. The summed E-state index contributed by atoms with van der Waals surface area (Å²) in [6.45, 7) is 2.12. The lowest BCUT2D eigenvalue weighted by Crippen LogP contribution is -2.15. The average molecular weight is 389 g/mol. The van der Waals surface area contributed by atoms with Crippen LogP contribution in [0.4, 0.5) is 5.13 Å². The van der Waals surface area contributed by atoms with E-state index >= 15 is 0 Å². The summed E-state index contributed by atoms with van der Waals surface area (Å²) in [5.41, 5.74) is 2.99. The summed E-state index contributed by atoms with van der Waals surface area (Å²) in [5.74, 6) is -0.245. The number of carbonyl (C=O) groups excluding carboxylic acids is 1. The zero-order chi connectivity index (χ0) is 19.3. The molecule has 140 valence electrons. The smallest absolute Gasteiger partial charge is 0.276 e. The summed E-state index contributed by atoms with van der Waals surface area (Å²) < 4.78 is 1.76. The third-order valence-corrected chi connectivity index (χ3v) is 5.24. The van der Waals surface area contributed by atoms with Crippen molar-refractivity contribution in [3.8, 4) is 17.1 Å². The van der Waals surface area contributed by atoms with Gasteiger partial charge in [-0.3, -0.25) is 19.7 Å². The second-order valence-electron chi connectivity index (χ2n) is 6.19. The van der Waals surface area contributed by atoms with Gasteiger partial charge < -0.3 is 0 Å². The Labute approximate surface area is 166 Å². The van der Waals surface area contributed by atoms with Crippen molar-refractivity contribution in [1.29, 1.82) is 0 Å². The highest BCUT2D eigenvalue weighted by Crippen LogP contribution is 2.31. The van der Waals surface area contributed by atoms with E-state index in [9.17, 15) is 4.79 Å². The van der Waals surface area contributed by atoms with Gasteiger partial charge in [0, 0.05) is 16.8 Å². The highest BCUT2D eigenvalue weighted by atomic mass is 32.1. The molecule has 0 radical (unpaired) electrons. The molecule has 4 rings (SSSR count). The predicted octanol–water partition coefficient (Wildman–Crippen LogP) is 4.60. The first-order chi connectivity index (χ1) is 13.8. The Balaban J connectivity index is 1.62. The van der Waals surface area contributed by atoms with Crippen LogP contribution in [0.1, 0.15) is 28.7 Å². The Hall–Kier alpha value is -3.32. The number of nitrogens with zero attached hydrogens (tertiary/aromatic N) is 4. The molecule has 0 saturated carbocycles. The fraction of sp³-hybridized carbons (Fsp3) is 0.143. The van der Waals surface area contributed by atoms with Crippen molar-refractivity contribution >= 4 is 22.4 Å². The molecule has 0 aliphatic heterocycles. The number of benzene rings is 1. The van der Waals surface area contributed by atoms with Crippen molar-refractivity contribution in [2.75, 3.05) is 5.32 Å². The molecule has 3 heterocycles. The van der Waals surface area contributed by atoms with Crippen LogP contribution in [0, 0.1) is 0 Å². The highest BCUT2D eigenvalue weighted by molar-refractivity contribution is 7.16. The van der Waals surface area contributed by atoms with E-state index in [1.807, 2.05) is 48.5 Å². The van der Waals surface area contributed by atoms with Crippen LogP contribution in [0.25, 0.3) is 17.1 Å².